The Kier molecular flexibility index (Phi) is 4.73. The molecule has 1 heterocycles. The van der Waals surface area contributed by atoms with E-state index in [-0.39, 0.29) is 38.9 Å². The van der Waals surface area contributed by atoms with Gasteiger partial charge in [0.15, 0.2) is 11.4 Å². The number of Topliss-reactive ketones (excluding diaryl/α,β-unsaturated/α-hetero) is 2. The third-order valence-electron chi connectivity index (χ3n) is 4.40. The summed E-state index contributed by atoms with van der Waals surface area (Å²) in [6, 6.07) is 9.18. The molecule has 1 aliphatic rings. The molecule has 0 atom stereocenters. The molecule has 3 rings (SSSR count). The molecule has 6 nitrogen and oxygen atoms in total. The van der Waals surface area contributed by atoms with Crippen LogP contribution >= 0.6 is 0 Å². The fourth-order valence-electron chi connectivity index (χ4n) is 2.96. The number of hydrogen-bond donors (Lipinski definition) is 1. The number of carbonyl (C=O) groups excluding carboxylic acids is 2. The topological polar surface area (TPSA) is 104 Å². The predicted octanol–water partition coefficient (Wildman–Crippen LogP) is 2.92. The fourth-order valence-corrected chi connectivity index (χ4v) is 3.47. The number of ether oxygens (including phenoxy) is 1. The highest BCUT2D eigenvalue weighted by Gasteiger charge is 2.43. The average Bonchev–Trinajstić information content (AvgIpc) is 2.83. The minimum atomic E-state index is -3.87. The summed E-state index contributed by atoms with van der Waals surface area (Å²) >= 11 is 0. The molecule has 0 aliphatic carbocycles. The number of carbonyl (C=O) groups is 2. The Labute approximate surface area is 161 Å². The molecule has 28 heavy (non-hydrogen) atoms. The van der Waals surface area contributed by atoms with Gasteiger partial charge in [0.25, 0.3) is 0 Å². The highest BCUT2D eigenvalue weighted by molar-refractivity contribution is 7.89. The number of nitrogens with two attached hydrogens (primary N) is 1. The highest BCUT2D eigenvalue weighted by Crippen LogP contribution is 2.41. The molecule has 0 radical (unpaired) electrons. The average molecular weight is 403 g/mol. The monoisotopic (exact) mass is 403 g/mol. The van der Waals surface area contributed by atoms with Crippen molar-refractivity contribution in [2.24, 2.45) is 5.14 Å². The zero-order valence-electron chi connectivity index (χ0n) is 15.4. The number of primary sulfonamides is 1. The second-order valence-corrected chi connectivity index (χ2v) is 8.56. The molecule has 0 saturated carbocycles. The Morgan fingerprint density at radius 3 is 2.21 bits per heavy atom. The number of benzene rings is 2. The molecule has 0 bridgehead atoms. The largest absolute Gasteiger partial charge is 0.478 e. The first-order valence-corrected chi connectivity index (χ1v) is 9.88. The van der Waals surface area contributed by atoms with Gasteiger partial charge >= 0.3 is 0 Å². The SMILES string of the molecule is CC(=O)c1cc(F)cc(C2=C(c3ccc(S(N)(=O)=O)cc3)OC(C)(C)C2=O)c1. The second kappa shape index (κ2) is 6.65. The molecule has 8 heteroatoms. The number of rotatable bonds is 4. The van der Waals surface area contributed by atoms with Crippen LogP contribution in [0, 0.1) is 5.82 Å². The van der Waals surface area contributed by atoms with E-state index >= 15 is 0 Å². The van der Waals surface area contributed by atoms with Crippen LogP contribution in [-0.4, -0.2) is 25.6 Å². The van der Waals surface area contributed by atoms with E-state index < -0.39 is 21.4 Å². The van der Waals surface area contributed by atoms with Gasteiger partial charge in [-0.15, -0.1) is 0 Å². The van der Waals surface area contributed by atoms with Gasteiger partial charge in [-0.3, -0.25) is 9.59 Å². The van der Waals surface area contributed by atoms with Gasteiger partial charge in [-0.2, -0.15) is 0 Å². The third-order valence-corrected chi connectivity index (χ3v) is 5.33. The van der Waals surface area contributed by atoms with Crippen molar-refractivity contribution in [1.29, 1.82) is 0 Å². The van der Waals surface area contributed by atoms with Crippen molar-refractivity contribution in [3.05, 3.63) is 65.0 Å². The van der Waals surface area contributed by atoms with Gasteiger partial charge in [0.1, 0.15) is 11.6 Å². The lowest BCUT2D eigenvalue weighted by Crippen LogP contribution is -2.29. The summed E-state index contributed by atoms with van der Waals surface area (Å²) in [6.07, 6.45) is 0. The molecule has 0 aromatic heterocycles. The number of hydrogen-bond acceptors (Lipinski definition) is 5. The van der Waals surface area contributed by atoms with Gasteiger partial charge in [-0.1, -0.05) is 0 Å². The lowest BCUT2D eigenvalue weighted by Gasteiger charge is -2.17. The van der Waals surface area contributed by atoms with Crippen LogP contribution in [0.3, 0.4) is 0 Å². The second-order valence-electron chi connectivity index (χ2n) is 7.00. The van der Waals surface area contributed by atoms with Crippen molar-refractivity contribution in [1.82, 2.24) is 0 Å². The van der Waals surface area contributed by atoms with E-state index in [1.165, 1.54) is 37.3 Å². The van der Waals surface area contributed by atoms with Crippen LogP contribution < -0.4 is 5.14 Å². The van der Waals surface area contributed by atoms with Crippen molar-refractivity contribution in [3.63, 3.8) is 0 Å². The highest BCUT2D eigenvalue weighted by atomic mass is 32.2. The molecule has 146 valence electrons. The number of halogens is 1. The summed E-state index contributed by atoms with van der Waals surface area (Å²) in [5.74, 6) is -1.20. The van der Waals surface area contributed by atoms with E-state index in [1.807, 2.05) is 0 Å². The third kappa shape index (κ3) is 3.61. The van der Waals surface area contributed by atoms with Crippen molar-refractivity contribution in [3.8, 4) is 0 Å². The zero-order valence-corrected chi connectivity index (χ0v) is 16.3. The predicted molar refractivity (Wildman–Crippen MR) is 101 cm³/mol. The maximum Gasteiger partial charge on any atom is 0.238 e. The Morgan fingerprint density at radius 1 is 1.07 bits per heavy atom. The van der Waals surface area contributed by atoms with Crippen LogP contribution in [0.5, 0.6) is 0 Å². The van der Waals surface area contributed by atoms with E-state index in [1.54, 1.807) is 13.8 Å². The van der Waals surface area contributed by atoms with Gasteiger partial charge < -0.3 is 4.74 Å². The summed E-state index contributed by atoms with van der Waals surface area (Å²) in [7, 11) is -3.87. The number of sulfonamides is 1. The quantitative estimate of drug-likeness (QED) is 0.791. The zero-order chi connectivity index (χ0) is 20.9. The minimum Gasteiger partial charge on any atom is -0.478 e. The molecule has 2 N–H and O–H groups in total. The number of ketones is 2. The van der Waals surface area contributed by atoms with Gasteiger partial charge in [-0.25, -0.2) is 17.9 Å². The molecule has 2 aromatic carbocycles. The van der Waals surface area contributed by atoms with Crippen molar-refractivity contribution in [2.45, 2.75) is 31.3 Å². The Hall–Kier alpha value is -2.84. The first-order chi connectivity index (χ1) is 12.9. The molecule has 0 saturated heterocycles. The summed E-state index contributed by atoms with van der Waals surface area (Å²) in [4.78, 5) is 24.5. The van der Waals surface area contributed by atoms with E-state index in [4.69, 9.17) is 9.88 Å². The summed E-state index contributed by atoms with van der Waals surface area (Å²) in [6.45, 7) is 4.45. The molecule has 0 amide bonds. The minimum absolute atomic E-state index is 0.0911. The fraction of sp³-hybridized carbons (Fsp3) is 0.200. The Bertz CT molecular complexity index is 1130. The van der Waals surface area contributed by atoms with Gasteiger partial charge in [-0.05, 0) is 68.8 Å². The smallest absolute Gasteiger partial charge is 0.238 e. The molecular formula is C20H18FNO5S. The van der Waals surface area contributed by atoms with E-state index in [2.05, 4.69) is 0 Å². The lowest BCUT2D eigenvalue weighted by molar-refractivity contribution is -0.125. The van der Waals surface area contributed by atoms with Crippen LogP contribution in [0.1, 0.15) is 42.3 Å². The molecular weight excluding hydrogens is 385 g/mol. The van der Waals surface area contributed by atoms with Crippen LogP contribution in [0.2, 0.25) is 0 Å². The van der Waals surface area contributed by atoms with Crippen molar-refractivity contribution in [2.75, 3.05) is 0 Å². The van der Waals surface area contributed by atoms with Crippen LogP contribution in [0.25, 0.3) is 11.3 Å². The standard InChI is InChI=1S/C20H18FNO5S/c1-11(23)13-8-14(10-15(21)9-13)17-18(27-20(2,3)19(17)24)12-4-6-16(7-5-12)28(22,25)26/h4-10H,1-3H3,(H2,22,25,26). The van der Waals surface area contributed by atoms with Gasteiger partial charge in [0.05, 0.1) is 10.5 Å². The van der Waals surface area contributed by atoms with E-state index in [9.17, 15) is 22.4 Å². The Balaban J connectivity index is 2.22. The molecule has 0 spiro atoms. The molecule has 1 aliphatic heterocycles. The van der Waals surface area contributed by atoms with Crippen LogP contribution in [0.15, 0.2) is 47.4 Å². The lowest BCUT2D eigenvalue weighted by atomic mass is 9.91. The molecule has 0 unspecified atom stereocenters. The maximum absolute atomic E-state index is 14.1. The van der Waals surface area contributed by atoms with Gasteiger partial charge in [0.2, 0.25) is 15.8 Å². The van der Waals surface area contributed by atoms with E-state index in [0.717, 1.165) is 12.1 Å². The van der Waals surface area contributed by atoms with Crippen molar-refractivity contribution >= 4 is 32.9 Å². The molecule has 2 aromatic rings. The summed E-state index contributed by atoms with van der Waals surface area (Å²) in [5, 5.41) is 5.11. The van der Waals surface area contributed by atoms with Crippen LogP contribution in [0.4, 0.5) is 4.39 Å². The maximum atomic E-state index is 14.1. The van der Waals surface area contributed by atoms with E-state index in [0.29, 0.717) is 5.56 Å². The summed E-state index contributed by atoms with van der Waals surface area (Å²) in [5.41, 5.74) is -0.313. The normalized spacial score (nSPS) is 16.2. The molecule has 0 fully saturated rings. The summed E-state index contributed by atoms with van der Waals surface area (Å²) < 4.78 is 42.8. The Morgan fingerprint density at radius 2 is 1.68 bits per heavy atom. The van der Waals surface area contributed by atoms with Crippen molar-refractivity contribution < 1.29 is 27.1 Å². The first kappa shape index (κ1) is 19.9. The van der Waals surface area contributed by atoms with Crippen LogP contribution in [-0.2, 0) is 19.6 Å². The van der Waals surface area contributed by atoms with Gasteiger partial charge in [0, 0.05) is 11.1 Å². The first-order valence-electron chi connectivity index (χ1n) is 8.33.